The smallest absolute Gasteiger partial charge is 0.232 e. The summed E-state index contributed by atoms with van der Waals surface area (Å²) >= 11 is 0. The second-order valence-electron chi connectivity index (χ2n) is 9.30. The number of benzene rings is 2. The number of allylic oxidation sites excluding steroid dienone is 1. The van der Waals surface area contributed by atoms with Crippen molar-refractivity contribution in [1.82, 2.24) is 9.80 Å². The van der Waals surface area contributed by atoms with Crippen LogP contribution < -0.4 is 4.90 Å². The van der Waals surface area contributed by atoms with Crippen molar-refractivity contribution in [3.8, 4) is 0 Å². The largest absolute Gasteiger partial charge is 0.345 e. The summed E-state index contributed by atoms with van der Waals surface area (Å²) in [7, 11) is 1.78. The highest BCUT2D eigenvalue weighted by molar-refractivity contribution is 5.98. The van der Waals surface area contributed by atoms with E-state index in [0.29, 0.717) is 25.4 Å². The molecule has 2 aliphatic heterocycles. The van der Waals surface area contributed by atoms with E-state index in [2.05, 4.69) is 41.3 Å². The Kier molecular flexibility index (Phi) is 7.95. The lowest BCUT2D eigenvalue weighted by molar-refractivity contribution is -0.127. The second-order valence-corrected chi connectivity index (χ2v) is 9.30. The quantitative estimate of drug-likeness (QED) is 0.608. The molecule has 4 rings (SSSR count). The molecule has 5 heteroatoms. The number of carbonyl (C=O) groups excluding carboxylic acids is 2. The van der Waals surface area contributed by atoms with E-state index in [-0.39, 0.29) is 17.7 Å². The van der Waals surface area contributed by atoms with Crippen LogP contribution in [0.2, 0.25) is 0 Å². The first kappa shape index (κ1) is 23.2. The fourth-order valence-corrected chi connectivity index (χ4v) is 4.86. The van der Waals surface area contributed by atoms with Crippen LogP contribution in [0.15, 0.2) is 66.7 Å². The minimum Gasteiger partial charge on any atom is -0.345 e. The van der Waals surface area contributed by atoms with Gasteiger partial charge in [-0.25, -0.2) is 0 Å². The van der Waals surface area contributed by atoms with Gasteiger partial charge in [-0.3, -0.25) is 9.59 Å². The number of amides is 2. The van der Waals surface area contributed by atoms with Gasteiger partial charge in [0.2, 0.25) is 11.8 Å². The number of nitrogens with zero attached hydrogens (tertiary/aromatic N) is 3. The number of rotatable bonds is 8. The van der Waals surface area contributed by atoms with Crippen LogP contribution in [0.25, 0.3) is 6.08 Å². The summed E-state index contributed by atoms with van der Waals surface area (Å²) in [5.41, 5.74) is 2.19. The molecule has 2 aromatic rings. The molecule has 0 aromatic heterocycles. The molecule has 33 heavy (non-hydrogen) atoms. The Hall–Kier alpha value is -2.92. The Morgan fingerprint density at radius 3 is 2.33 bits per heavy atom. The Morgan fingerprint density at radius 2 is 1.70 bits per heavy atom. The lowest BCUT2D eigenvalue weighted by Crippen LogP contribution is -2.40. The fourth-order valence-electron chi connectivity index (χ4n) is 4.86. The minimum atomic E-state index is -0.241. The zero-order chi connectivity index (χ0) is 23.0. The summed E-state index contributed by atoms with van der Waals surface area (Å²) < 4.78 is 0. The van der Waals surface area contributed by atoms with Gasteiger partial charge < -0.3 is 14.7 Å². The number of likely N-dealkylation sites (tertiary alicyclic amines) is 2. The van der Waals surface area contributed by atoms with E-state index in [4.69, 9.17) is 0 Å². The summed E-state index contributed by atoms with van der Waals surface area (Å²) in [5.74, 6) is 0.532. The topological polar surface area (TPSA) is 43.9 Å². The summed E-state index contributed by atoms with van der Waals surface area (Å²) in [6.07, 6.45) is 8.23. The molecule has 1 atom stereocenters. The maximum atomic E-state index is 13.3. The van der Waals surface area contributed by atoms with Crippen LogP contribution in [-0.4, -0.2) is 61.4 Å². The summed E-state index contributed by atoms with van der Waals surface area (Å²) in [6, 6.07) is 20.4. The molecule has 2 heterocycles. The first-order valence-corrected chi connectivity index (χ1v) is 12.2. The van der Waals surface area contributed by atoms with Crippen molar-refractivity contribution in [2.75, 3.05) is 44.7 Å². The molecule has 0 saturated carbocycles. The van der Waals surface area contributed by atoms with Gasteiger partial charge in [-0.2, -0.15) is 0 Å². The molecule has 2 fully saturated rings. The lowest BCUT2D eigenvalue weighted by atomic mass is 9.95. The first-order valence-electron chi connectivity index (χ1n) is 12.2. The SMILES string of the molecule is CN1CC(C(=O)N(CCCN2CCC(/C=C/c3ccccc3)CC2)c2ccccc2)CC1=O. The van der Waals surface area contributed by atoms with Crippen molar-refractivity contribution in [3.63, 3.8) is 0 Å². The predicted molar refractivity (Wildman–Crippen MR) is 134 cm³/mol. The monoisotopic (exact) mass is 445 g/mol. The second kappa shape index (κ2) is 11.3. The van der Waals surface area contributed by atoms with Crippen LogP contribution in [0.4, 0.5) is 5.69 Å². The van der Waals surface area contributed by atoms with Gasteiger partial charge in [0.15, 0.2) is 0 Å². The molecule has 5 nitrogen and oxygen atoms in total. The van der Waals surface area contributed by atoms with Crippen LogP contribution in [0.3, 0.4) is 0 Å². The highest BCUT2D eigenvalue weighted by Crippen LogP contribution is 2.24. The molecule has 0 radical (unpaired) electrons. The van der Waals surface area contributed by atoms with Crippen LogP contribution in [-0.2, 0) is 9.59 Å². The molecule has 2 amide bonds. The van der Waals surface area contributed by atoms with Gasteiger partial charge >= 0.3 is 0 Å². The van der Waals surface area contributed by atoms with E-state index < -0.39 is 0 Å². The molecule has 2 aromatic carbocycles. The van der Waals surface area contributed by atoms with Gasteiger partial charge in [0.05, 0.1) is 5.92 Å². The number of carbonyl (C=O) groups is 2. The number of piperidine rings is 1. The van der Waals surface area contributed by atoms with Crippen LogP contribution in [0.5, 0.6) is 0 Å². The standard InChI is InChI=1S/C28H35N3O2/c1-29-22-25(21-27(29)32)28(33)31(26-11-6-3-7-12-26)18-8-17-30-19-15-24(16-20-30)14-13-23-9-4-2-5-10-23/h2-7,9-14,24-25H,8,15-22H2,1H3/b14-13+. The van der Waals surface area contributed by atoms with Crippen molar-refractivity contribution in [1.29, 1.82) is 0 Å². The predicted octanol–water partition coefficient (Wildman–Crippen LogP) is 4.31. The van der Waals surface area contributed by atoms with Crippen molar-refractivity contribution in [2.45, 2.75) is 25.7 Å². The molecule has 2 aliphatic rings. The Labute approximate surface area is 197 Å². The summed E-state index contributed by atoms with van der Waals surface area (Å²) in [4.78, 5) is 31.3. The maximum Gasteiger partial charge on any atom is 0.232 e. The Bertz CT molecular complexity index is 936. The summed E-state index contributed by atoms with van der Waals surface area (Å²) in [6.45, 7) is 4.40. The van der Waals surface area contributed by atoms with Crippen molar-refractivity contribution in [3.05, 3.63) is 72.3 Å². The zero-order valence-corrected chi connectivity index (χ0v) is 19.6. The Morgan fingerprint density at radius 1 is 1.03 bits per heavy atom. The van der Waals surface area contributed by atoms with Crippen molar-refractivity contribution < 1.29 is 9.59 Å². The molecule has 174 valence electrons. The van der Waals surface area contributed by atoms with Crippen molar-refractivity contribution in [2.24, 2.45) is 11.8 Å². The number of hydrogen-bond acceptors (Lipinski definition) is 3. The molecule has 1 unspecified atom stereocenters. The summed E-state index contributed by atoms with van der Waals surface area (Å²) in [5, 5.41) is 0. The molecular formula is C28H35N3O2. The molecule has 0 bridgehead atoms. The third kappa shape index (κ3) is 6.32. The highest BCUT2D eigenvalue weighted by atomic mass is 16.2. The number of anilines is 1. The van der Waals surface area contributed by atoms with Gasteiger partial charge in [0.25, 0.3) is 0 Å². The molecule has 0 spiro atoms. The van der Waals surface area contributed by atoms with Gasteiger partial charge in [0, 0.05) is 32.2 Å². The third-order valence-electron chi connectivity index (χ3n) is 6.87. The van der Waals surface area contributed by atoms with Crippen LogP contribution >= 0.6 is 0 Å². The van der Waals surface area contributed by atoms with Gasteiger partial charge in [-0.1, -0.05) is 60.7 Å². The number of para-hydroxylation sites is 1. The molecule has 2 saturated heterocycles. The van der Waals surface area contributed by atoms with E-state index in [1.165, 1.54) is 18.4 Å². The average Bonchev–Trinajstić information content (AvgIpc) is 3.20. The zero-order valence-electron chi connectivity index (χ0n) is 19.6. The lowest BCUT2D eigenvalue weighted by Gasteiger charge is -2.32. The van der Waals surface area contributed by atoms with Crippen LogP contribution in [0.1, 0.15) is 31.2 Å². The van der Waals surface area contributed by atoms with E-state index in [0.717, 1.165) is 31.7 Å². The fraction of sp³-hybridized carbons (Fsp3) is 0.429. The number of hydrogen-bond donors (Lipinski definition) is 0. The molecule has 0 aliphatic carbocycles. The molecule has 0 N–H and O–H groups in total. The van der Waals surface area contributed by atoms with E-state index in [1.807, 2.05) is 41.3 Å². The molecular weight excluding hydrogens is 410 g/mol. The van der Waals surface area contributed by atoms with Gasteiger partial charge in [-0.05, 0) is 62.5 Å². The maximum absolute atomic E-state index is 13.3. The van der Waals surface area contributed by atoms with Gasteiger partial charge in [-0.15, -0.1) is 0 Å². The average molecular weight is 446 g/mol. The van der Waals surface area contributed by atoms with E-state index in [9.17, 15) is 9.59 Å². The third-order valence-corrected chi connectivity index (χ3v) is 6.87. The Balaban J connectivity index is 1.27. The van der Waals surface area contributed by atoms with E-state index >= 15 is 0 Å². The van der Waals surface area contributed by atoms with Crippen molar-refractivity contribution >= 4 is 23.6 Å². The highest BCUT2D eigenvalue weighted by Gasteiger charge is 2.35. The first-order chi connectivity index (χ1) is 16.1. The minimum absolute atomic E-state index is 0.0607. The van der Waals surface area contributed by atoms with Crippen LogP contribution in [0, 0.1) is 11.8 Å². The van der Waals surface area contributed by atoms with E-state index in [1.54, 1.807) is 11.9 Å². The van der Waals surface area contributed by atoms with Gasteiger partial charge in [0.1, 0.15) is 0 Å². The normalized spacial score (nSPS) is 20.0.